The molecule has 0 amide bonds. The number of benzene rings is 3. The zero-order valence-corrected chi connectivity index (χ0v) is 15.3. The Morgan fingerprint density at radius 3 is 1.83 bits per heavy atom. The van der Waals surface area contributed by atoms with Crippen LogP contribution in [0.3, 0.4) is 0 Å². The number of hydrogen-bond donors (Lipinski definition) is 0. The van der Waals surface area contributed by atoms with E-state index in [2.05, 4.69) is 97.9 Å². The van der Waals surface area contributed by atoms with Crippen molar-refractivity contribution in [2.24, 2.45) is 0 Å². The van der Waals surface area contributed by atoms with Crippen molar-refractivity contribution in [1.29, 1.82) is 0 Å². The average Bonchev–Trinajstić information content (AvgIpc) is 3.09. The molecule has 4 rings (SSSR count). The van der Waals surface area contributed by atoms with Gasteiger partial charge in [-0.05, 0) is 0 Å². The van der Waals surface area contributed by atoms with E-state index in [0.29, 0.717) is 14.5 Å². The normalized spacial score (nSPS) is 10.7. The minimum atomic E-state index is 0.320. The molecule has 116 valence electrons. The first-order valence-electron chi connectivity index (χ1n) is 8.13. The van der Waals surface area contributed by atoms with Crippen LogP contribution in [0.1, 0.15) is 5.56 Å². The minimum absolute atomic E-state index is 0.320. The van der Waals surface area contributed by atoms with E-state index < -0.39 is 0 Å². The molecule has 0 nitrogen and oxygen atoms in total. The molecule has 4 aromatic rings. The zero-order valence-electron chi connectivity index (χ0n) is 13.6. The molecule has 0 saturated carbocycles. The fourth-order valence-electron chi connectivity index (χ4n) is 3.01. The van der Waals surface area contributed by atoms with Crippen LogP contribution in [0, 0.1) is 6.92 Å². The first-order chi connectivity index (χ1) is 11.8. The van der Waals surface area contributed by atoms with Crippen LogP contribution >= 0.6 is 0 Å². The third kappa shape index (κ3) is 2.89. The van der Waals surface area contributed by atoms with Crippen LogP contribution in [0.4, 0.5) is 0 Å². The SMILES string of the molecule is Cc1ccccc1-c1cc(-c2ccccc2)[se]c1-c1ccccc1. The molecule has 0 aliphatic heterocycles. The van der Waals surface area contributed by atoms with Crippen LogP contribution in [0.15, 0.2) is 91.0 Å². The fraction of sp³-hybridized carbons (Fsp3) is 0.0435. The number of hydrogen-bond acceptors (Lipinski definition) is 0. The Morgan fingerprint density at radius 1 is 0.583 bits per heavy atom. The summed E-state index contributed by atoms with van der Waals surface area (Å²) in [4.78, 5) is 0. The summed E-state index contributed by atoms with van der Waals surface area (Å²) in [7, 11) is 0. The summed E-state index contributed by atoms with van der Waals surface area (Å²) in [6.45, 7) is 2.20. The van der Waals surface area contributed by atoms with Crippen LogP contribution in [-0.4, -0.2) is 14.5 Å². The number of rotatable bonds is 3. The maximum absolute atomic E-state index is 2.40. The van der Waals surface area contributed by atoms with Crippen molar-refractivity contribution in [3.8, 4) is 31.1 Å². The van der Waals surface area contributed by atoms with Gasteiger partial charge in [-0.25, -0.2) is 0 Å². The first-order valence-corrected chi connectivity index (χ1v) is 9.85. The first kappa shape index (κ1) is 15.2. The van der Waals surface area contributed by atoms with Gasteiger partial charge in [0.15, 0.2) is 0 Å². The third-order valence-electron chi connectivity index (χ3n) is 4.26. The molecule has 24 heavy (non-hydrogen) atoms. The summed E-state index contributed by atoms with van der Waals surface area (Å²) >= 11 is 0.320. The molecule has 1 aromatic heterocycles. The number of aryl methyl sites for hydroxylation is 1. The van der Waals surface area contributed by atoms with Crippen molar-refractivity contribution in [3.63, 3.8) is 0 Å². The molecule has 1 heteroatoms. The molecule has 0 fully saturated rings. The molecule has 0 saturated heterocycles. The summed E-state index contributed by atoms with van der Waals surface area (Å²) in [5, 5.41) is 0. The predicted octanol–water partition coefficient (Wildman–Crippen LogP) is 6.05. The van der Waals surface area contributed by atoms with Gasteiger partial charge in [0.25, 0.3) is 0 Å². The van der Waals surface area contributed by atoms with E-state index in [1.54, 1.807) is 0 Å². The van der Waals surface area contributed by atoms with Gasteiger partial charge < -0.3 is 0 Å². The van der Waals surface area contributed by atoms with Crippen molar-refractivity contribution in [2.75, 3.05) is 0 Å². The van der Waals surface area contributed by atoms with Gasteiger partial charge >= 0.3 is 149 Å². The van der Waals surface area contributed by atoms with Crippen LogP contribution < -0.4 is 0 Å². The van der Waals surface area contributed by atoms with Crippen LogP contribution in [0.25, 0.3) is 31.1 Å². The summed E-state index contributed by atoms with van der Waals surface area (Å²) in [6, 6.07) is 32.7. The van der Waals surface area contributed by atoms with Gasteiger partial charge in [0.05, 0.1) is 0 Å². The molecule has 0 aliphatic rings. The molecule has 1 heterocycles. The summed E-state index contributed by atoms with van der Waals surface area (Å²) < 4.78 is 2.94. The van der Waals surface area contributed by atoms with Gasteiger partial charge in [-0.1, -0.05) is 0 Å². The Morgan fingerprint density at radius 2 is 1.17 bits per heavy atom. The topological polar surface area (TPSA) is 0 Å². The quantitative estimate of drug-likeness (QED) is 0.383. The molecule has 0 N–H and O–H groups in total. The Bertz CT molecular complexity index is 950. The standard InChI is InChI=1S/C23H18Se/c1-17-10-8-9-15-20(17)21-16-22(18-11-4-2-5-12-18)24-23(21)19-13-6-3-7-14-19/h2-16H,1H3. The van der Waals surface area contributed by atoms with Crippen molar-refractivity contribution >= 4 is 14.5 Å². The van der Waals surface area contributed by atoms with E-state index in [1.807, 2.05) is 0 Å². The second-order valence-electron chi connectivity index (χ2n) is 5.90. The second kappa shape index (κ2) is 6.65. The van der Waals surface area contributed by atoms with Gasteiger partial charge in [0.1, 0.15) is 0 Å². The Balaban J connectivity index is 1.94. The Labute approximate surface area is 149 Å². The molecule has 3 aromatic carbocycles. The van der Waals surface area contributed by atoms with Gasteiger partial charge in [-0.3, -0.25) is 0 Å². The van der Waals surface area contributed by atoms with E-state index in [0.717, 1.165) is 0 Å². The van der Waals surface area contributed by atoms with Gasteiger partial charge in [0, 0.05) is 0 Å². The summed E-state index contributed by atoms with van der Waals surface area (Å²) in [6.07, 6.45) is 0. The third-order valence-corrected chi connectivity index (χ3v) is 6.85. The average molecular weight is 373 g/mol. The Hall–Kier alpha value is -2.34. The summed E-state index contributed by atoms with van der Waals surface area (Å²) in [5.74, 6) is 0. The van der Waals surface area contributed by atoms with Crippen molar-refractivity contribution in [3.05, 3.63) is 96.6 Å². The van der Waals surface area contributed by atoms with E-state index in [1.165, 1.54) is 36.7 Å². The molecule has 0 radical (unpaired) electrons. The van der Waals surface area contributed by atoms with E-state index in [4.69, 9.17) is 0 Å². The van der Waals surface area contributed by atoms with E-state index >= 15 is 0 Å². The summed E-state index contributed by atoms with van der Waals surface area (Å²) in [5.41, 5.74) is 6.76. The molecule has 0 unspecified atom stereocenters. The second-order valence-corrected chi connectivity index (χ2v) is 8.11. The molecular weight excluding hydrogens is 355 g/mol. The zero-order chi connectivity index (χ0) is 16.4. The molecular formula is C23H18Se. The van der Waals surface area contributed by atoms with E-state index in [9.17, 15) is 0 Å². The monoisotopic (exact) mass is 374 g/mol. The van der Waals surface area contributed by atoms with Crippen molar-refractivity contribution in [2.45, 2.75) is 6.92 Å². The van der Waals surface area contributed by atoms with Gasteiger partial charge in [-0.2, -0.15) is 0 Å². The van der Waals surface area contributed by atoms with Gasteiger partial charge in [-0.15, -0.1) is 0 Å². The predicted molar refractivity (Wildman–Crippen MR) is 104 cm³/mol. The maximum atomic E-state index is 2.40. The molecule has 0 spiro atoms. The molecule has 0 atom stereocenters. The molecule has 0 bridgehead atoms. The van der Waals surface area contributed by atoms with E-state index in [-0.39, 0.29) is 0 Å². The van der Waals surface area contributed by atoms with Crippen LogP contribution in [0.2, 0.25) is 0 Å². The molecule has 0 aliphatic carbocycles. The van der Waals surface area contributed by atoms with Gasteiger partial charge in [0.2, 0.25) is 0 Å². The van der Waals surface area contributed by atoms with Crippen molar-refractivity contribution in [1.82, 2.24) is 0 Å². The van der Waals surface area contributed by atoms with Crippen LogP contribution in [0.5, 0.6) is 0 Å². The Kier molecular flexibility index (Phi) is 4.21. The van der Waals surface area contributed by atoms with Crippen molar-refractivity contribution < 1.29 is 0 Å². The fourth-order valence-corrected chi connectivity index (χ4v) is 5.50. The van der Waals surface area contributed by atoms with Crippen LogP contribution in [-0.2, 0) is 0 Å².